The fourth-order valence-corrected chi connectivity index (χ4v) is 1.38. The summed E-state index contributed by atoms with van der Waals surface area (Å²) in [5.74, 6) is 0. The van der Waals surface area contributed by atoms with Crippen LogP contribution >= 0.6 is 0 Å². The van der Waals surface area contributed by atoms with Crippen molar-refractivity contribution in [1.29, 1.82) is 0 Å². The Kier molecular flexibility index (Phi) is 8.71. The van der Waals surface area contributed by atoms with Crippen LogP contribution in [0.15, 0.2) is 0 Å². The van der Waals surface area contributed by atoms with Gasteiger partial charge in [0.2, 0.25) is 0 Å². The van der Waals surface area contributed by atoms with Crippen LogP contribution in [0.4, 0.5) is 0 Å². The van der Waals surface area contributed by atoms with Gasteiger partial charge in [0.1, 0.15) is 0 Å². The number of nitrogens with zero attached hydrogens (tertiary/aromatic N) is 1. The predicted molar refractivity (Wildman–Crippen MR) is 70.0 cm³/mol. The van der Waals surface area contributed by atoms with Gasteiger partial charge in [-0.15, -0.1) is 0 Å². The van der Waals surface area contributed by atoms with Crippen molar-refractivity contribution >= 4 is 0 Å². The van der Waals surface area contributed by atoms with E-state index >= 15 is 0 Å². The lowest BCUT2D eigenvalue weighted by Gasteiger charge is -2.21. The number of piperazine rings is 2. The molecule has 2 heterocycles. The number of hydrogen-bond donors (Lipinski definition) is 3. The standard InChI is InChI=1S/C5H12N2.C4H10N2.C3H6/c1-7-4-2-6-3-5-7;1-2-6-4-3-5-1;1-2-3-1/h6H,2-5H2,1H3;5-6H,1-4H2;1-3H2. The molecular formula is C12H28N4. The molecule has 2 aliphatic heterocycles. The topological polar surface area (TPSA) is 39.3 Å². The van der Waals surface area contributed by atoms with Crippen LogP contribution in [0.2, 0.25) is 0 Å². The summed E-state index contributed by atoms with van der Waals surface area (Å²) < 4.78 is 0. The van der Waals surface area contributed by atoms with Gasteiger partial charge in [0, 0.05) is 52.4 Å². The normalized spacial score (nSPS) is 24.6. The lowest BCUT2D eigenvalue weighted by molar-refractivity contribution is 0.291. The lowest BCUT2D eigenvalue weighted by atomic mass is 10.4. The third-order valence-corrected chi connectivity index (χ3v) is 2.65. The van der Waals surface area contributed by atoms with Gasteiger partial charge >= 0.3 is 0 Å². The molecule has 3 rings (SSSR count). The molecule has 3 N–H and O–H groups in total. The highest BCUT2D eigenvalue weighted by atomic mass is 15.2. The molecular weight excluding hydrogens is 200 g/mol. The van der Waals surface area contributed by atoms with Crippen LogP contribution in [0.1, 0.15) is 19.3 Å². The highest BCUT2D eigenvalue weighted by Gasteiger charge is 2.01. The largest absolute Gasteiger partial charge is 0.314 e. The smallest absolute Gasteiger partial charge is 0.0104 e. The quantitative estimate of drug-likeness (QED) is 0.540. The van der Waals surface area contributed by atoms with Crippen molar-refractivity contribution in [1.82, 2.24) is 20.9 Å². The molecule has 96 valence electrons. The van der Waals surface area contributed by atoms with Gasteiger partial charge < -0.3 is 20.9 Å². The Labute approximate surface area is 100 Å². The summed E-state index contributed by atoms with van der Waals surface area (Å²) in [6, 6.07) is 0. The van der Waals surface area contributed by atoms with E-state index in [1.165, 1.54) is 32.4 Å². The van der Waals surface area contributed by atoms with Crippen LogP contribution < -0.4 is 16.0 Å². The van der Waals surface area contributed by atoms with E-state index in [0.717, 1.165) is 39.3 Å². The Morgan fingerprint density at radius 1 is 0.625 bits per heavy atom. The zero-order valence-electron chi connectivity index (χ0n) is 10.7. The molecule has 0 atom stereocenters. The SMILES string of the molecule is C1CC1.C1CNCCN1.CN1CCNCC1. The molecule has 0 amide bonds. The van der Waals surface area contributed by atoms with Crippen LogP contribution in [0.5, 0.6) is 0 Å². The predicted octanol–water partition coefficient (Wildman–Crippen LogP) is -0.129. The van der Waals surface area contributed by atoms with E-state index in [2.05, 4.69) is 27.9 Å². The second-order valence-corrected chi connectivity index (χ2v) is 4.61. The fraction of sp³-hybridized carbons (Fsp3) is 1.00. The van der Waals surface area contributed by atoms with Crippen molar-refractivity contribution in [2.75, 3.05) is 59.4 Å². The van der Waals surface area contributed by atoms with Crippen molar-refractivity contribution in [2.24, 2.45) is 0 Å². The average molecular weight is 228 g/mol. The zero-order chi connectivity index (χ0) is 11.5. The van der Waals surface area contributed by atoms with Gasteiger partial charge in [0.25, 0.3) is 0 Å². The summed E-state index contributed by atoms with van der Waals surface area (Å²) >= 11 is 0. The molecule has 0 spiro atoms. The monoisotopic (exact) mass is 228 g/mol. The molecule has 3 fully saturated rings. The molecule has 0 radical (unpaired) electrons. The molecule has 0 aromatic carbocycles. The molecule has 0 aromatic heterocycles. The average Bonchev–Trinajstić information content (AvgIpc) is 3.21. The summed E-state index contributed by atoms with van der Waals surface area (Å²) in [6.07, 6.45) is 4.50. The van der Waals surface area contributed by atoms with E-state index in [0.29, 0.717) is 0 Å². The molecule has 0 aromatic rings. The van der Waals surface area contributed by atoms with E-state index in [1.54, 1.807) is 0 Å². The summed E-state index contributed by atoms with van der Waals surface area (Å²) in [6.45, 7) is 9.30. The summed E-state index contributed by atoms with van der Waals surface area (Å²) in [5, 5.41) is 9.72. The summed E-state index contributed by atoms with van der Waals surface area (Å²) in [7, 11) is 2.15. The van der Waals surface area contributed by atoms with Crippen molar-refractivity contribution in [2.45, 2.75) is 19.3 Å². The van der Waals surface area contributed by atoms with Gasteiger partial charge in [0.15, 0.2) is 0 Å². The molecule has 3 aliphatic rings. The molecule has 4 heteroatoms. The van der Waals surface area contributed by atoms with Crippen LogP contribution in [-0.4, -0.2) is 64.3 Å². The molecule has 0 unspecified atom stereocenters. The molecule has 16 heavy (non-hydrogen) atoms. The lowest BCUT2D eigenvalue weighted by Crippen LogP contribution is -2.40. The van der Waals surface area contributed by atoms with Gasteiger partial charge in [-0.25, -0.2) is 0 Å². The molecule has 4 nitrogen and oxygen atoms in total. The first kappa shape index (κ1) is 13.9. The third kappa shape index (κ3) is 10.4. The Morgan fingerprint density at radius 2 is 1.00 bits per heavy atom. The first-order valence-corrected chi connectivity index (χ1v) is 6.70. The van der Waals surface area contributed by atoms with Crippen molar-refractivity contribution in [3.63, 3.8) is 0 Å². The maximum Gasteiger partial charge on any atom is 0.0104 e. The maximum absolute atomic E-state index is 3.27. The highest BCUT2D eigenvalue weighted by molar-refractivity contribution is 4.62. The molecule has 0 bridgehead atoms. The van der Waals surface area contributed by atoms with Crippen LogP contribution in [0, 0.1) is 0 Å². The summed E-state index contributed by atoms with van der Waals surface area (Å²) in [5.41, 5.74) is 0. The first-order chi connectivity index (χ1) is 7.89. The number of hydrogen-bond acceptors (Lipinski definition) is 4. The first-order valence-electron chi connectivity index (χ1n) is 6.70. The highest BCUT2D eigenvalue weighted by Crippen LogP contribution is 2.14. The third-order valence-electron chi connectivity index (χ3n) is 2.65. The Balaban J connectivity index is 0.000000129. The second-order valence-electron chi connectivity index (χ2n) is 4.61. The zero-order valence-corrected chi connectivity index (χ0v) is 10.7. The van der Waals surface area contributed by atoms with Gasteiger partial charge in [-0.3, -0.25) is 0 Å². The van der Waals surface area contributed by atoms with Gasteiger partial charge in [-0.2, -0.15) is 0 Å². The minimum absolute atomic E-state index is 1.14. The Bertz CT molecular complexity index is 126. The van der Waals surface area contributed by atoms with E-state index in [9.17, 15) is 0 Å². The van der Waals surface area contributed by atoms with E-state index in [-0.39, 0.29) is 0 Å². The number of rotatable bonds is 0. The van der Waals surface area contributed by atoms with Gasteiger partial charge in [-0.05, 0) is 7.05 Å². The fourth-order valence-electron chi connectivity index (χ4n) is 1.38. The van der Waals surface area contributed by atoms with Crippen LogP contribution in [0.25, 0.3) is 0 Å². The molecule has 1 aliphatic carbocycles. The van der Waals surface area contributed by atoms with E-state index < -0.39 is 0 Å². The van der Waals surface area contributed by atoms with Crippen molar-refractivity contribution < 1.29 is 0 Å². The van der Waals surface area contributed by atoms with Crippen LogP contribution in [0.3, 0.4) is 0 Å². The summed E-state index contributed by atoms with van der Waals surface area (Å²) in [4.78, 5) is 2.33. The Morgan fingerprint density at radius 3 is 1.19 bits per heavy atom. The van der Waals surface area contributed by atoms with Crippen molar-refractivity contribution in [3.05, 3.63) is 0 Å². The van der Waals surface area contributed by atoms with E-state index in [4.69, 9.17) is 0 Å². The number of nitrogens with one attached hydrogen (secondary N) is 3. The maximum atomic E-state index is 3.27. The minimum atomic E-state index is 1.14. The molecule has 2 saturated heterocycles. The van der Waals surface area contributed by atoms with E-state index in [1.807, 2.05) is 0 Å². The van der Waals surface area contributed by atoms with Crippen molar-refractivity contribution in [3.8, 4) is 0 Å². The van der Waals surface area contributed by atoms with Crippen LogP contribution in [-0.2, 0) is 0 Å². The second kappa shape index (κ2) is 10.0. The molecule has 1 saturated carbocycles. The Hall–Kier alpha value is -0.160. The number of likely N-dealkylation sites (N-methyl/N-ethyl adjacent to an activating group) is 1. The van der Waals surface area contributed by atoms with Gasteiger partial charge in [-0.1, -0.05) is 19.3 Å². The van der Waals surface area contributed by atoms with Gasteiger partial charge in [0.05, 0.1) is 0 Å². The minimum Gasteiger partial charge on any atom is -0.314 e.